The second-order valence-corrected chi connectivity index (χ2v) is 10.2. The molecule has 26 heavy (non-hydrogen) atoms. The van der Waals surface area contributed by atoms with E-state index in [4.69, 9.17) is 0 Å². The molecule has 7 heteroatoms. The average molecular weight is 380 g/mol. The first kappa shape index (κ1) is 20.4. The van der Waals surface area contributed by atoms with E-state index in [-0.39, 0.29) is 28.2 Å². The monoisotopic (exact) mass is 379 g/mol. The van der Waals surface area contributed by atoms with E-state index in [0.29, 0.717) is 11.4 Å². The molecule has 0 saturated heterocycles. The van der Waals surface area contributed by atoms with Crippen LogP contribution in [-0.4, -0.2) is 36.0 Å². The number of imidazole rings is 1. The first-order valence-electron chi connectivity index (χ1n) is 8.89. The number of carbonyl (C=O) groups excluding carboxylic acids is 1. The van der Waals surface area contributed by atoms with Crippen LogP contribution in [0.5, 0.6) is 0 Å². The third-order valence-corrected chi connectivity index (χ3v) is 5.40. The third-order valence-electron chi connectivity index (χ3n) is 4.45. The van der Waals surface area contributed by atoms with Crippen molar-refractivity contribution in [3.63, 3.8) is 0 Å². The van der Waals surface area contributed by atoms with Gasteiger partial charge in [-0.25, -0.2) is 13.4 Å². The number of carbonyl (C=O) groups is 1. The highest BCUT2D eigenvalue weighted by molar-refractivity contribution is 7.90. The van der Waals surface area contributed by atoms with Crippen molar-refractivity contribution in [2.45, 2.75) is 58.7 Å². The Balaban J connectivity index is 2.40. The van der Waals surface area contributed by atoms with Gasteiger partial charge in [0.2, 0.25) is 15.0 Å². The standard InChI is InChI=1S/C19H29N3O3S/c1-13(2)10-11-15(19(3,4)5)20-17(23)16-14-9-7-8-12-22(14)18(21-16)26(6,24)25/h7-9,12-13,15H,10-11H2,1-6H3,(H,20,23). The van der Waals surface area contributed by atoms with Crippen LogP contribution in [0, 0.1) is 11.3 Å². The Hall–Kier alpha value is -1.89. The minimum absolute atomic E-state index is 0.0282. The molecule has 144 valence electrons. The molecular formula is C19H29N3O3S. The van der Waals surface area contributed by atoms with Gasteiger partial charge in [0.1, 0.15) is 0 Å². The number of pyridine rings is 1. The summed E-state index contributed by atoms with van der Waals surface area (Å²) in [6.45, 7) is 10.6. The molecule has 0 aromatic carbocycles. The zero-order valence-corrected chi connectivity index (χ0v) is 17.2. The summed E-state index contributed by atoms with van der Waals surface area (Å²) in [5.41, 5.74) is 0.520. The van der Waals surface area contributed by atoms with Crippen LogP contribution >= 0.6 is 0 Å². The molecule has 0 aliphatic carbocycles. The van der Waals surface area contributed by atoms with Gasteiger partial charge in [-0.05, 0) is 36.3 Å². The molecule has 2 rings (SSSR count). The molecule has 0 bridgehead atoms. The van der Waals surface area contributed by atoms with Crippen molar-refractivity contribution in [3.8, 4) is 0 Å². The van der Waals surface area contributed by atoms with E-state index in [2.05, 4.69) is 44.9 Å². The van der Waals surface area contributed by atoms with Gasteiger partial charge in [-0.2, -0.15) is 0 Å². The first-order valence-corrected chi connectivity index (χ1v) is 10.8. The second kappa shape index (κ2) is 7.39. The van der Waals surface area contributed by atoms with Gasteiger partial charge >= 0.3 is 0 Å². The summed E-state index contributed by atoms with van der Waals surface area (Å²) in [4.78, 5) is 17.1. The molecule has 1 unspecified atom stereocenters. The Labute approximate surface area is 155 Å². The van der Waals surface area contributed by atoms with E-state index in [9.17, 15) is 13.2 Å². The molecule has 0 radical (unpaired) electrons. The fourth-order valence-corrected chi connectivity index (χ4v) is 3.66. The highest BCUT2D eigenvalue weighted by atomic mass is 32.2. The highest BCUT2D eigenvalue weighted by Gasteiger charge is 2.29. The lowest BCUT2D eigenvalue weighted by Gasteiger charge is -2.32. The van der Waals surface area contributed by atoms with Crippen molar-refractivity contribution < 1.29 is 13.2 Å². The van der Waals surface area contributed by atoms with Crippen LogP contribution in [-0.2, 0) is 9.84 Å². The molecule has 0 fully saturated rings. The Morgan fingerprint density at radius 2 is 1.88 bits per heavy atom. The van der Waals surface area contributed by atoms with Crippen molar-refractivity contribution in [1.29, 1.82) is 0 Å². The fraction of sp³-hybridized carbons (Fsp3) is 0.579. The molecule has 6 nitrogen and oxygen atoms in total. The van der Waals surface area contributed by atoms with Gasteiger partial charge < -0.3 is 5.32 Å². The van der Waals surface area contributed by atoms with Crippen molar-refractivity contribution in [3.05, 3.63) is 30.1 Å². The quantitative estimate of drug-likeness (QED) is 0.835. The zero-order valence-electron chi connectivity index (χ0n) is 16.4. The van der Waals surface area contributed by atoms with E-state index < -0.39 is 9.84 Å². The van der Waals surface area contributed by atoms with Crippen LogP contribution in [0.15, 0.2) is 29.6 Å². The first-order chi connectivity index (χ1) is 11.9. The number of nitrogens with zero attached hydrogens (tertiary/aromatic N) is 2. The summed E-state index contributed by atoms with van der Waals surface area (Å²) >= 11 is 0. The SMILES string of the molecule is CC(C)CCC(NC(=O)c1nc(S(C)(=O)=O)n2ccccc12)C(C)(C)C. The summed E-state index contributed by atoms with van der Waals surface area (Å²) in [5.74, 6) is 0.203. The Morgan fingerprint density at radius 3 is 2.42 bits per heavy atom. The fourth-order valence-electron chi connectivity index (χ4n) is 2.89. The van der Waals surface area contributed by atoms with E-state index in [0.717, 1.165) is 19.1 Å². The Kier molecular flexibility index (Phi) is 5.80. The van der Waals surface area contributed by atoms with Crippen molar-refractivity contribution in [2.75, 3.05) is 6.26 Å². The molecule has 0 aliphatic rings. The maximum Gasteiger partial charge on any atom is 0.272 e. The van der Waals surface area contributed by atoms with E-state index in [1.807, 2.05) is 0 Å². The lowest BCUT2D eigenvalue weighted by molar-refractivity contribution is 0.0891. The smallest absolute Gasteiger partial charge is 0.272 e. The molecule has 0 saturated carbocycles. The number of fused-ring (bicyclic) bond motifs is 1. The minimum atomic E-state index is -3.55. The molecule has 2 aromatic heterocycles. The van der Waals surface area contributed by atoms with Gasteiger partial charge in [-0.1, -0.05) is 40.7 Å². The Bertz CT molecular complexity index is 892. The van der Waals surface area contributed by atoms with E-state index in [1.165, 1.54) is 4.40 Å². The summed E-state index contributed by atoms with van der Waals surface area (Å²) in [6.07, 6.45) is 4.56. The average Bonchev–Trinajstić information content (AvgIpc) is 2.89. The topological polar surface area (TPSA) is 80.5 Å². The summed E-state index contributed by atoms with van der Waals surface area (Å²) in [6, 6.07) is 5.15. The van der Waals surface area contributed by atoms with Gasteiger partial charge in [0.15, 0.2) is 5.69 Å². The molecule has 0 spiro atoms. The van der Waals surface area contributed by atoms with Crippen LogP contribution in [0.25, 0.3) is 5.52 Å². The van der Waals surface area contributed by atoms with Gasteiger partial charge in [0.25, 0.3) is 5.91 Å². The lowest BCUT2D eigenvalue weighted by Crippen LogP contribution is -2.44. The predicted molar refractivity (Wildman–Crippen MR) is 103 cm³/mol. The largest absolute Gasteiger partial charge is 0.347 e. The molecule has 2 aromatic rings. The van der Waals surface area contributed by atoms with E-state index in [1.54, 1.807) is 24.4 Å². The van der Waals surface area contributed by atoms with Crippen LogP contribution < -0.4 is 5.32 Å². The number of sulfone groups is 1. The van der Waals surface area contributed by atoms with Crippen LogP contribution in [0.2, 0.25) is 0 Å². The van der Waals surface area contributed by atoms with Gasteiger partial charge in [-0.3, -0.25) is 9.20 Å². The summed E-state index contributed by atoms with van der Waals surface area (Å²) in [5, 5.41) is 2.96. The number of hydrogen-bond acceptors (Lipinski definition) is 4. The molecule has 2 heterocycles. The van der Waals surface area contributed by atoms with Gasteiger partial charge in [-0.15, -0.1) is 0 Å². The number of nitrogens with one attached hydrogen (secondary N) is 1. The van der Waals surface area contributed by atoms with Gasteiger partial charge in [0, 0.05) is 18.5 Å². The normalized spacial score (nSPS) is 14.0. The Morgan fingerprint density at radius 1 is 1.23 bits per heavy atom. The number of aromatic nitrogens is 2. The van der Waals surface area contributed by atoms with Crippen LogP contribution in [0.3, 0.4) is 0 Å². The summed E-state index contributed by atoms with van der Waals surface area (Å²) in [7, 11) is -3.55. The second-order valence-electron chi connectivity index (χ2n) is 8.33. The van der Waals surface area contributed by atoms with Crippen LogP contribution in [0.4, 0.5) is 0 Å². The maximum absolute atomic E-state index is 12.9. The lowest BCUT2D eigenvalue weighted by atomic mass is 9.82. The van der Waals surface area contributed by atoms with Gasteiger partial charge in [0.05, 0.1) is 5.52 Å². The molecule has 1 N–H and O–H groups in total. The number of rotatable bonds is 6. The molecule has 1 amide bonds. The molecule has 0 aliphatic heterocycles. The molecule has 1 atom stereocenters. The third kappa shape index (κ3) is 4.63. The molecular weight excluding hydrogens is 350 g/mol. The number of hydrogen-bond donors (Lipinski definition) is 1. The van der Waals surface area contributed by atoms with Crippen molar-refractivity contribution in [1.82, 2.24) is 14.7 Å². The predicted octanol–water partition coefficient (Wildman–Crippen LogP) is 3.32. The van der Waals surface area contributed by atoms with Crippen molar-refractivity contribution in [2.24, 2.45) is 11.3 Å². The maximum atomic E-state index is 12.9. The van der Waals surface area contributed by atoms with Crippen molar-refractivity contribution >= 4 is 21.3 Å². The number of amides is 1. The zero-order chi connectivity index (χ0) is 19.7. The van der Waals surface area contributed by atoms with E-state index >= 15 is 0 Å². The van der Waals surface area contributed by atoms with Crippen LogP contribution in [0.1, 0.15) is 57.9 Å². The highest BCUT2D eigenvalue weighted by Crippen LogP contribution is 2.25. The summed E-state index contributed by atoms with van der Waals surface area (Å²) < 4.78 is 25.5. The minimum Gasteiger partial charge on any atom is -0.347 e.